The largest absolute Gasteiger partial charge is 0.497 e. The number of benzene rings is 2. The van der Waals surface area contributed by atoms with Gasteiger partial charge in [0.05, 0.1) is 12.8 Å². The number of para-hydroxylation sites is 1. The molecule has 27 heavy (non-hydrogen) atoms. The van der Waals surface area contributed by atoms with E-state index in [1.807, 2.05) is 32.0 Å². The Labute approximate surface area is 162 Å². The first-order valence-corrected chi connectivity index (χ1v) is 9.40. The lowest BCUT2D eigenvalue weighted by atomic mass is 10.1. The zero-order valence-electron chi connectivity index (χ0n) is 15.4. The van der Waals surface area contributed by atoms with Gasteiger partial charge in [-0.2, -0.15) is 0 Å². The number of thioether (sulfide) groups is 1. The number of aliphatic imine (C=N–C) groups is 1. The number of nitrogens with zero attached hydrogens (tertiary/aromatic N) is 1. The molecule has 2 N–H and O–H groups in total. The van der Waals surface area contributed by atoms with Crippen LogP contribution in [0.15, 0.2) is 47.5 Å². The van der Waals surface area contributed by atoms with E-state index in [0.29, 0.717) is 16.6 Å². The van der Waals surface area contributed by atoms with E-state index >= 15 is 0 Å². The molecule has 6 nitrogen and oxygen atoms in total. The first-order chi connectivity index (χ1) is 13.0. The molecule has 2 amide bonds. The fraction of sp³-hybridized carbons (Fsp3) is 0.250. The van der Waals surface area contributed by atoms with Gasteiger partial charge in [-0.05, 0) is 49.2 Å². The fourth-order valence-electron chi connectivity index (χ4n) is 2.73. The van der Waals surface area contributed by atoms with Crippen molar-refractivity contribution in [3.05, 3.63) is 53.6 Å². The molecule has 2 aromatic rings. The van der Waals surface area contributed by atoms with Crippen molar-refractivity contribution >= 4 is 40.1 Å². The van der Waals surface area contributed by atoms with Crippen LogP contribution in [-0.4, -0.2) is 29.3 Å². The van der Waals surface area contributed by atoms with Gasteiger partial charge in [-0.25, -0.2) is 4.99 Å². The Bertz CT molecular complexity index is 874. The maximum Gasteiger partial charge on any atom is 0.240 e. The van der Waals surface area contributed by atoms with Gasteiger partial charge in [0, 0.05) is 12.1 Å². The quantitative estimate of drug-likeness (QED) is 0.827. The molecule has 0 radical (unpaired) electrons. The number of amides is 2. The van der Waals surface area contributed by atoms with Crippen LogP contribution in [0.5, 0.6) is 5.75 Å². The van der Waals surface area contributed by atoms with E-state index in [-0.39, 0.29) is 18.2 Å². The van der Waals surface area contributed by atoms with Gasteiger partial charge in [-0.3, -0.25) is 9.59 Å². The minimum absolute atomic E-state index is 0.0777. The molecule has 0 aliphatic carbocycles. The van der Waals surface area contributed by atoms with Crippen LogP contribution in [0.25, 0.3) is 0 Å². The van der Waals surface area contributed by atoms with Gasteiger partial charge < -0.3 is 15.4 Å². The predicted octanol–water partition coefficient (Wildman–Crippen LogP) is 3.56. The molecular weight excluding hydrogens is 362 g/mol. The normalized spacial score (nSPS) is 17.7. The molecule has 7 heteroatoms. The number of hydrogen-bond donors (Lipinski definition) is 2. The highest BCUT2D eigenvalue weighted by Gasteiger charge is 2.32. The molecule has 0 bridgehead atoms. The number of nitrogens with one attached hydrogen (secondary N) is 2. The molecule has 0 unspecified atom stereocenters. The molecule has 3 rings (SSSR count). The van der Waals surface area contributed by atoms with Crippen LogP contribution < -0.4 is 15.4 Å². The topological polar surface area (TPSA) is 79.8 Å². The van der Waals surface area contributed by atoms with Crippen molar-refractivity contribution in [1.82, 2.24) is 5.32 Å². The lowest BCUT2D eigenvalue weighted by Crippen LogP contribution is -2.28. The van der Waals surface area contributed by atoms with E-state index in [9.17, 15) is 9.59 Å². The molecule has 1 saturated heterocycles. The number of carbonyl (C=O) groups excluding carboxylic acids is 2. The lowest BCUT2D eigenvalue weighted by Gasteiger charge is -2.08. The molecule has 0 aromatic heterocycles. The van der Waals surface area contributed by atoms with Gasteiger partial charge in [0.15, 0.2) is 5.17 Å². The number of amidine groups is 1. The summed E-state index contributed by atoms with van der Waals surface area (Å²) in [4.78, 5) is 29.0. The Morgan fingerprint density at radius 1 is 1.19 bits per heavy atom. The summed E-state index contributed by atoms with van der Waals surface area (Å²) in [6, 6.07) is 13.0. The Morgan fingerprint density at radius 2 is 1.85 bits per heavy atom. The molecule has 140 valence electrons. The highest BCUT2D eigenvalue weighted by Crippen LogP contribution is 2.29. The minimum Gasteiger partial charge on any atom is -0.497 e. The standard InChI is InChI=1S/C20H21N3O3S/c1-12-5-4-6-13(2)18(12)22-20-23-19(25)16(27-20)11-17(24)21-14-7-9-15(26-3)10-8-14/h4-10,16H,11H2,1-3H3,(H,21,24)(H,22,23,25)/t16-/m1/s1. The molecule has 1 atom stereocenters. The van der Waals surface area contributed by atoms with E-state index in [1.165, 1.54) is 11.8 Å². The summed E-state index contributed by atoms with van der Waals surface area (Å²) in [6.07, 6.45) is 0.0777. The van der Waals surface area contributed by atoms with Crippen molar-refractivity contribution < 1.29 is 14.3 Å². The van der Waals surface area contributed by atoms with Crippen LogP contribution in [0.1, 0.15) is 17.5 Å². The van der Waals surface area contributed by atoms with Gasteiger partial charge >= 0.3 is 0 Å². The zero-order chi connectivity index (χ0) is 19.4. The van der Waals surface area contributed by atoms with Crippen LogP contribution in [0.2, 0.25) is 0 Å². The number of ether oxygens (including phenoxy) is 1. The van der Waals surface area contributed by atoms with Crippen molar-refractivity contribution in [2.75, 3.05) is 12.4 Å². The van der Waals surface area contributed by atoms with E-state index in [4.69, 9.17) is 4.74 Å². The molecule has 2 aromatic carbocycles. The maximum absolute atomic E-state index is 12.3. The highest BCUT2D eigenvalue weighted by atomic mass is 32.2. The van der Waals surface area contributed by atoms with Gasteiger partial charge in [-0.1, -0.05) is 30.0 Å². The number of aryl methyl sites for hydroxylation is 2. The van der Waals surface area contributed by atoms with Crippen molar-refractivity contribution in [1.29, 1.82) is 0 Å². The Hall–Kier alpha value is -2.80. The first-order valence-electron chi connectivity index (χ1n) is 8.52. The Morgan fingerprint density at radius 3 is 2.48 bits per heavy atom. The summed E-state index contributed by atoms with van der Waals surface area (Å²) >= 11 is 1.28. The molecule has 1 aliphatic rings. The van der Waals surface area contributed by atoms with Crippen LogP contribution in [0.4, 0.5) is 11.4 Å². The predicted molar refractivity (Wildman–Crippen MR) is 109 cm³/mol. The number of anilines is 1. The van der Waals surface area contributed by atoms with Crippen molar-refractivity contribution in [2.45, 2.75) is 25.5 Å². The number of rotatable bonds is 5. The maximum atomic E-state index is 12.3. The summed E-state index contributed by atoms with van der Waals surface area (Å²) in [5, 5.41) is 5.60. The van der Waals surface area contributed by atoms with Gasteiger partial charge in [0.25, 0.3) is 0 Å². The highest BCUT2D eigenvalue weighted by molar-refractivity contribution is 8.15. The summed E-state index contributed by atoms with van der Waals surface area (Å²) < 4.78 is 5.09. The average Bonchev–Trinajstić information content (AvgIpc) is 2.98. The second kappa shape index (κ2) is 8.26. The second-order valence-corrected chi connectivity index (χ2v) is 7.43. The third-order valence-corrected chi connectivity index (χ3v) is 5.26. The number of hydrogen-bond acceptors (Lipinski definition) is 5. The number of carbonyl (C=O) groups is 2. The monoisotopic (exact) mass is 383 g/mol. The first kappa shape index (κ1) is 19.0. The van der Waals surface area contributed by atoms with E-state index in [2.05, 4.69) is 15.6 Å². The zero-order valence-corrected chi connectivity index (χ0v) is 16.2. The molecule has 0 saturated carbocycles. The third-order valence-electron chi connectivity index (χ3n) is 4.17. The minimum atomic E-state index is -0.494. The summed E-state index contributed by atoms with van der Waals surface area (Å²) in [5.74, 6) is 0.294. The van der Waals surface area contributed by atoms with E-state index in [1.54, 1.807) is 31.4 Å². The van der Waals surface area contributed by atoms with Gasteiger partial charge in [0.1, 0.15) is 11.0 Å². The van der Waals surface area contributed by atoms with Gasteiger partial charge in [-0.15, -0.1) is 0 Å². The third kappa shape index (κ3) is 4.68. The van der Waals surface area contributed by atoms with Crippen molar-refractivity contribution in [3.8, 4) is 5.75 Å². The summed E-state index contributed by atoms with van der Waals surface area (Å²) in [7, 11) is 1.58. The SMILES string of the molecule is COc1ccc(NC(=O)C[C@H]2SC(=Nc3c(C)cccc3C)NC2=O)cc1. The van der Waals surface area contributed by atoms with Crippen LogP contribution in [-0.2, 0) is 9.59 Å². The number of methoxy groups -OCH3 is 1. The average molecular weight is 383 g/mol. The van der Waals surface area contributed by atoms with Crippen molar-refractivity contribution in [2.24, 2.45) is 4.99 Å². The lowest BCUT2D eigenvalue weighted by molar-refractivity contribution is -0.122. The summed E-state index contributed by atoms with van der Waals surface area (Å²) in [6.45, 7) is 3.96. The Balaban J connectivity index is 1.63. The van der Waals surface area contributed by atoms with Crippen LogP contribution in [0.3, 0.4) is 0 Å². The Kier molecular flexibility index (Phi) is 5.81. The molecule has 1 heterocycles. The van der Waals surface area contributed by atoms with Crippen LogP contribution >= 0.6 is 11.8 Å². The van der Waals surface area contributed by atoms with E-state index in [0.717, 1.165) is 16.8 Å². The van der Waals surface area contributed by atoms with Crippen molar-refractivity contribution in [3.63, 3.8) is 0 Å². The molecule has 1 aliphatic heterocycles. The molecule has 0 spiro atoms. The van der Waals surface area contributed by atoms with Gasteiger partial charge in [0.2, 0.25) is 11.8 Å². The second-order valence-electron chi connectivity index (χ2n) is 6.23. The molecule has 1 fully saturated rings. The summed E-state index contributed by atoms with van der Waals surface area (Å²) in [5.41, 5.74) is 3.59. The van der Waals surface area contributed by atoms with Crippen LogP contribution in [0, 0.1) is 13.8 Å². The molecular formula is C20H21N3O3S. The van der Waals surface area contributed by atoms with E-state index < -0.39 is 5.25 Å². The fourth-order valence-corrected chi connectivity index (χ4v) is 3.70. The smallest absolute Gasteiger partial charge is 0.240 e.